The lowest BCUT2D eigenvalue weighted by Gasteiger charge is -2.20. The van der Waals surface area contributed by atoms with Crippen LogP contribution in [-0.4, -0.2) is 23.1 Å². The van der Waals surface area contributed by atoms with Crippen molar-refractivity contribution in [3.63, 3.8) is 0 Å². The molecule has 0 aliphatic carbocycles. The Hall–Kier alpha value is -2.09. The zero-order valence-electron chi connectivity index (χ0n) is 10.9. The maximum absolute atomic E-state index is 12.7. The standard InChI is InChI=1S/C13H11F3N2O2S/c1-18(7-8-3-2-6-21-8)11-9(12(19)20)4-5-10(17-11)13(14,15)16/h2-6H,7H2,1H3,(H,19,20). The van der Waals surface area contributed by atoms with Crippen LogP contribution in [0.4, 0.5) is 19.0 Å². The second kappa shape index (κ2) is 5.72. The van der Waals surface area contributed by atoms with Gasteiger partial charge in [0.05, 0.1) is 6.54 Å². The fraction of sp³-hybridized carbons (Fsp3) is 0.231. The van der Waals surface area contributed by atoms with Gasteiger partial charge in [-0.2, -0.15) is 13.2 Å². The Labute approximate surface area is 122 Å². The normalized spacial score (nSPS) is 11.4. The van der Waals surface area contributed by atoms with Crippen LogP contribution in [-0.2, 0) is 12.7 Å². The number of carboxylic acids is 1. The monoisotopic (exact) mass is 316 g/mol. The van der Waals surface area contributed by atoms with Crippen molar-refractivity contribution in [2.24, 2.45) is 0 Å². The molecule has 21 heavy (non-hydrogen) atoms. The van der Waals surface area contributed by atoms with Crippen LogP contribution in [0.1, 0.15) is 20.9 Å². The van der Waals surface area contributed by atoms with E-state index in [1.165, 1.54) is 23.3 Å². The number of aromatic nitrogens is 1. The minimum Gasteiger partial charge on any atom is -0.478 e. The molecule has 0 fully saturated rings. The molecular weight excluding hydrogens is 305 g/mol. The molecule has 0 aromatic carbocycles. The summed E-state index contributed by atoms with van der Waals surface area (Å²) in [4.78, 5) is 16.9. The van der Waals surface area contributed by atoms with Crippen LogP contribution in [0.5, 0.6) is 0 Å². The van der Waals surface area contributed by atoms with E-state index in [1.807, 2.05) is 17.5 Å². The smallest absolute Gasteiger partial charge is 0.433 e. The third-order valence-corrected chi connectivity index (χ3v) is 3.59. The Morgan fingerprint density at radius 3 is 2.62 bits per heavy atom. The highest BCUT2D eigenvalue weighted by atomic mass is 32.1. The largest absolute Gasteiger partial charge is 0.478 e. The van der Waals surface area contributed by atoms with E-state index in [2.05, 4.69) is 4.98 Å². The van der Waals surface area contributed by atoms with Gasteiger partial charge < -0.3 is 10.0 Å². The van der Waals surface area contributed by atoms with Gasteiger partial charge in [0, 0.05) is 11.9 Å². The Kier molecular flexibility index (Phi) is 4.17. The highest BCUT2D eigenvalue weighted by Crippen LogP contribution is 2.31. The van der Waals surface area contributed by atoms with Crippen LogP contribution in [0.2, 0.25) is 0 Å². The lowest BCUT2D eigenvalue weighted by molar-refractivity contribution is -0.141. The summed E-state index contributed by atoms with van der Waals surface area (Å²) in [5.74, 6) is -1.52. The minimum absolute atomic E-state index is 0.203. The van der Waals surface area contributed by atoms with Gasteiger partial charge in [0.1, 0.15) is 17.1 Å². The zero-order valence-corrected chi connectivity index (χ0v) is 11.7. The molecule has 0 aliphatic rings. The fourth-order valence-electron chi connectivity index (χ4n) is 1.78. The number of thiophene rings is 1. The van der Waals surface area contributed by atoms with Gasteiger partial charge in [-0.25, -0.2) is 9.78 Å². The molecule has 1 N–H and O–H groups in total. The van der Waals surface area contributed by atoms with Crippen molar-refractivity contribution in [1.29, 1.82) is 0 Å². The molecule has 2 heterocycles. The number of pyridine rings is 1. The average Bonchev–Trinajstić information content (AvgIpc) is 2.89. The molecule has 2 aromatic rings. The Morgan fingerprint density at radius 2 is 2.10 bits per heavy atom. The maximum Gasteiger partial charge on any atom is 0.433 e. The predicted molar refractivity (Wildman–Crippen MR) is 72.6 cm³/mol. The molecule has 0 amide bonds. The molecule has 2 rings (SSSR count). The predicted octanol–water partition coefficient (Wildman–Crippen LogP) is 3.50. The van der Waals surface area contributed by atoms with Gasteiger partial charge in [-0.05, 0) is 23.6 Å². The van der Waals surface area contributed by atoms with Crippen molar-refractivity contribution in [2.45, 2.75) is 12.7 Å². The highest BCUT2D eigenvalue weighted by Gasteiger charge is 2.34. The number of anilines is 1. The third kappa shape index (κ3) is 3.52. The average molecular weight is 316 g/mol. The van der Waals surface area contributed by atoms with E-state index in [1.54, 1.807) is 0 Å². The summed E-state index contributed by atoms with van der Waals surface area (Å²) in [5, 5.41) is 10.9. The van der Waals surface area contributed by atoms with Gasteiger partial charge in [0.2, 0.25) is 0 Å². The number of halogens is 3. The molecule has 0 saturated carbocycles. The summed E-state index contributed by atoms with van der Waals surface area (Å²) in [6.45, 7) is 0.284. The number of carboxylic acid groups (broad SMARTS) is 1. The molecule has 0 bridgehead atoms. The van der Waals surface area contributed by atoms with E-state index in [-0.39, 0.29) is 17.9 Å². The van der Waals surface area contributed by atoms with Gasteiger partial charge in [-0.1, -0.05) is 6.07 Å². The second-order valence-corrected chi connectivity index (χ2v) is 5.34. The lowest BCUT2D eigenvalue weighted by atomic mass is 10.2. The molecule has 0 unspecified atom stereocenters. The topological polar surface area (TPSA) is 53.4 Å². The first-order chi connectivity index (χ1) is 9.79. The van der Waals surface area contributed by atoms with Crippen molar-refractivity contribution in [2.75, 3.05) is 11.9 Å². The Morgan fingerprint density at radius 1 is 1.38 bits per heavy atom. The molecule has 0 radical (unpaired) electrons. The van der Waals surface area contributed by atoms with E-state index < -0.39 is 17.8 Å². The third-order valence-electron chi connectivity index (χ3n) is 2.73. The van der Waals surface area contributed by atoms with Gasteiger partial charge >= 0.3 is 12.1 Å². The maximum atomic E-state index is 12.7. The van der Waals surface area contributed by atoms with Crippen LogP contribution in [0.3, 0.4) is 0 Å². The van der Waals surface area contributed by atoms with E-state index in [4.69, 9.17) is 5.11 Å². The first-order valence-corrected chi connectivity index (χ1v) is 6.72. The van der Waals surface area contributed by atoms with E-state index >= 15 is 0 Å². The summed E-state index contributed by atoms with van der Waals surface area (Å²) in [5.41, 5.74) is -1.37. The van der Waals surface area contributed by atoms with Crippen LogP contribution in [0.15, 0.2) is 29.6 Å². The van der Waals surface area contributed by atoms with Crippen molar-refractivity contribution in [1.82, 2.24) is 4.98 Å². The number of rotatable bonds is 4. The van der Waals surface area contributed by atoms with Gasteiger partial charge in [-0.3, -0.25) is 0 Å². The fourth-order valence-corrected chi connectivity index (χ4v) is 2.53. The summed E-state index contributed by atoms with van der Waals surface area (Å²) >= 11 is 1.43. The van der Waals surface area contributed by atoms with Crippen molar-refractivity contribution in [3.8, 4) is 0 Å². The number of nitrogens with zero attached hydrogens (tertiary/aromatic N) is 2. The van der Waals surface area contributed by atoms with Crippen LogP contribution in [0.25, 0.3) is 0 Å². The number of aromatic carboxylic acids is 1. The second-order valence-electron chi connectivity index (χ2n) is 4.31. The zero-order chi connectivity index (χ0) is 15.6. The Balaban J connectivity index is 2.40. The molecule has 2 aromatic heterocycles. The van der Waals surface area contributed by atoms with Gasteiger partial charge in [0.25, 0.3) is 0 Å². The lowest BCUT2D eigenvalue weighted by Crippen LogP contribution is -2.22. The molecule has 0 aliphatic heterocycles. The van der Waals surface area contributed by atoms with Crippen LogP contribution in [0, 0.1) is 0 Å². The molecule has 0 saturated heterocycles. The van der Waals surface area contributed by atoms with Gasteiger partial charge in [-0.15, -0.1) is 11.3 Å². The number of carbonyl (C=O) groups is 1. The number of alkyl halides is 3. The summed E-state index contributed by atoms with van der Waals surface area (Å²) in [7, 11) is 1.51. The Bertz CT molecular complexity index is 641. The first kappa shape index (κ1) is 15.3. The molecular formula is C13H11F3N2O2S. The van der Waals surface area contributed by atoms with Crippen molar-refractivity contribution < 1.29 is 23.1 Å². The molecule has 0 spiro atoms. The van der Waals surface area contributed by atoms with E-state index in [0.717, 1.165) is 10.9 Å². The minimum atomic E-state index is -4.62. The molecule has 0 atom stereocenters. The van der Waals surface area contributed by atoms with Crippen molar-refractivity contribution in [3.05, 3.63) is 45.8 Å². The quantitative estimate of drug-likeness (QED) is 0.938. The van der Waals surface area contributed by atoms with Crippen LogP contribution < -0.4 is 4.90 Å². The SMILES string of the molecule is CN(Cc1cccs1)c1nc(C(F)(F)F)ccc1C(=O)O. The van der Waals surface area contributed by atoms with E-state index in [0.29, 0.717) is 6.07 Å². The van der Waals surface area contributed by atoms with E-state index in [9.17, 15) is 18.0 Å². The summed E-state index contributed by atoms with van der Waals surface area (Å²) in [6, 6.07) is 5.23. The van der Waals surface area contributed by atoms with Crippen LogP contribution >= 0.6 is 11.3 Å². The van der Waals surface area contributed by atoms with Gasteiger partial charge in [0.15, 0.2) is 0 Å². The highest BCUT2D eigenvalue weighted by molar-refractivity contribution is 7.09. The first-order valence-electron chi connectivity index (χ1n) is 5.84. The summed E-state index contributed by atoms with van der Waals surface area (Å²) < 4.78 is 38.1. The molecule has 112 valence electrons. The van der Waals surface area contributed by atoms with Crippen molar-refractivity contribution >= 4 is 23.1 Å². The molecule has 4 nitrogen and oxygen atoms in total. The molecule has 8 heteroatoms. The summed E-state index contributed by atoms with van der Waals surface area (Å²) in [6.07, 6.45) is -4.62. The number of hydrogen-bond acceptors (Lipinski definition) is 4. The number of hydrogen-bond donors (Lipinski definition) is 1.